The first-order chi connectivity index (χ1) is 17.7. The number of hydrogen-bond acceptors (Lipinski definition) is 6. The summed E-state index contributed by atoms with van der Waals surface area (Å²) in [7, 11) is -1.05. The fraction of sp³-hybridized carbons (Fsp3) is 0.296. The smallest absolute Gasteiger partial charge is 0.264 e. The van der Waals surface area contributed by atoms with Crippen LogP contribution in [0.15, 0.2) is 71.6 Å². The van der Waals surface area contributed by atoms with Crippen molar-refractivity contribution in [1.82, 2.24) is 5.32 Å². The van der Waals surface area contributed by atoms with Crippen LogP contribution in [0.1, 0.15) is 17.5 Å². The van der Waals surface area contributed by atoms with E-state index in [1.165, 1.54) is 31.9 Å². The minimum atomic E-state index is -4.02. The van der Waals surface area contributed by atoms with Crippen LogP contribution in [0.3, 0.4) is 0 Å². The highest BCUT2D eigenvalue weighted by atomic mass is 35.5. The van der Waals surface area contributed by atoms with Gasteiger partial charge in [-0.2, -0.15) is 11.8 Å². The maximum atomic E-state index is 13.6. The first-order valence-electron chi connectivity index (χ1n) is 11.6. The van der Waals surface area contributed by atoms with Crippen LogP contribution in [0.25, 0.3) is 0 Å². The van der Waals surface area contributed by atoms with E-state index in [1.807, 2.05) is 31.2 Å². The molecule has 0 spiro atoms. The summed E-state index contributed by atoms with van der Waals surface area (Å²) in [5.74, 6) is 2.13. The van der Waals surface area contributed by atoms with Crippen molar-refractivity contribution in [3.8, 4) is 11.5 Å². The Kier molecular flexibility index (Phi) is 10.5. The highest BCUT2D eigenvalue weighted by molar-refractivity contribution is 7.98. The number of carbonyl (C=O) groups is 1. The molecule has 0 atom stereocenters. The molecular formula is C27H31ClN2O5S2. The number of thioether (sulfide) groups is 1. The van der Waals surface area contributed by atoms with E-state index in [0.717, 1.165) is 27.8 Å². The molecule has 0 unspecified atom stereocenters. The second kappa shape index (κ2) is 13.6. The molecule has 0 radical (unpaired) electrons. The monoisotopic (exact) mass is 562 g/mol. The maximum Gasteiger partial charge on any atom is 0.264 e. The Morgan fingerprint density at radius 2 is 1.65 bits per heavy atom. The van der Waals surface area contributed by atoms with Gasteiger partial charge < -0.3 is 14.8 Å². The van der Waals surface area contributed by atoms with Gasteiger partial charge in [-0.1, -0.05) is 41.4 Å². The molecule has 0 aliphatic carbocycles. The van der Waals surface area contributed by atoms with E-state index in [9.17, 15) is 13.2 Å². The summed E-state index contributed by atoms with van der Waals surface area (Å²) in [5, 5.41) is 3.55. The van der Waals surface area contributed by atoms with E-state index in [1.54, 1.807) is 42.1 Å². The quantitative estimate of drug-likeness (QED) is 0.285. The van der Waals surface area contributed by atoms with Gasteiger partial charge in [0.25, 0.3) is 10.0 Å². The number of benzene rings is 3. The van der Waals surface area contributed by atoms with Crippen molar-refractivity contribution in [2.24, 2.45) is 0 Å². The summed E-state index contributed by atoms with van der Waals surface area (Å²) in [6.07, 6.45) is 0.755. The minimum absolute atomic E-state index is 0.0966. The average Bonchev–Trinajstić information content (AvgIpc) is 2.90. The molecule has 0 saturated heterocycles. The molecule has 3 rings (SSSR count). The number of anilines is 1. The lowest BCUT2D eigenvalue weighted by molar-refractivity contribution is -0.119. The van der Waals surface area contributed by atoms with Crippen molar-refractivity contribution in [2.75, 3.05) is 37.4 Å². The first-order valence-corrected chi connectivity index (χ1v) is 14.6. The largest absolute Gasteiger partial charge is 0.493 e. The van der Waals surface area contributed by atoms with Gasteiger partial charge in [0, 0.05) is 23.4 Å². The van der Waals surface area contributed by atoms with E-state index in [0.29, 0.717) is 28.8 Å². The zero-order chi connectivity index (χ0) is 26.8. The number of amides is 1. The zero-order valence-electron chi connectivity index (χ0n) is 21.1. The van der Waals surface area contributed by atoms with Crippen LogP contribution in [0, 0.1) is 6.92 Å². The first kappa shape index (κ1) is 28.7. The lowest BCUT2D eigenvalue weighted by atomic mass is 10.2. The molecule has 10 heteroatoms. The van der Waals surface area contributed by atoms with Gasteiger partial charge in [-0.25, -0.2) is 8.42 Å². The topological polar surface area (TPSA) is 84.9 Å². The van der Waals surface area contributed by atoms with Crippen LogP contribution >= 0.6 is 23.4 Å². The molecule has 0 heterocycles. The van der Waals surface area contributed by atoms with Crippen LogP contribution in [-0.4, -0.2) is 47.4 Å². The number of carbonyl (C=O) groups excluding carboxylic acids is 1. The van der Waals surface area contributed by atoms with Crippen LogP contribution in [0.4, 0.5) is 5.69 Å². The maximum absolute atomic E-state index is 13.6. The normalized spacial score (nSPS) is 11.1. The number of aryl methyl sites for hydroxylation is 1. The number of sulfonamides is 1. The van der Waals surface area contributed by atoms with Crippen molar-refractivity contribution in [1.29, 1.82) is 0 Å². The predicted molar refractivity (Wildman–Crippen MR) is 150 cm³/mol. The molecule has 1 amide bonds. The van der Waals surface area contributed by atoms with Crippen molar-refractivity contribution in [3.05, 3.63) is 82.9 Å². The number of halogens is 1. The lowest BCUT2D eigenvalue weighted by Gasteiger charge is -2.25. The third kappa shape index (κ3) is 8.05. The second-order valence-electron chi connectivity index (χ2n) is 8.25. The van der Waals surface area contributed by atoms with Crippen LogP contribution in [0.5, 0.6) is 11.5 Å². The molecular weight excluding hydrogens is 532 g/mol. The fourth-order valence-corrected chi connectivity index (χ4v) is 5.95. The van der Waals surface area contributed by atoms with Crippen LogP contribution in [0.2, 0.25) is 5.02 Å². The van der Waals surface area contributed by atoms with E-state index in [2.05, 4.69) is 5.32 Å². The second-order valence-corrected chi connectivity index (χ2v) is 11.7. The Hall–Kier alpha value is -2.88. The number of nitrogens with zero attached hydrogens (tertiary/aromatic N) is 1. The third-order valence-electron chi connectivity index (χ3n) is 5.52. The fourth-order valence-electron chi connectivity index (χ4n) is 3.49. The number of methoxy groups -OCH3 is 2. The van der Waals surface area contributed by atoms with Crippen molar-refractivity contribution in [2.45, 2.75) is 24.0 Å². The molecule has 0 bridgehead atoms. The van der Waals surface area contributed by atoms with Crippen LogP contribution < -0.4 is 19.1 Å². The highest BCUT2D eigenvalue weighted by Crippen LogP contribution is 2.33. The van der Waals surface area contributed by atoms with Gasteiger partial charge in [-0.3, -0.25) is 9.10 Å². The number of rotatable bonds is 13. The van der Waals surface area contributed by atoms with E-state index in [4.69, 9.17) is 21.1 Å². The van der Waals surface area contributed by atoms with Gasteiger partial charge in [0.1, 0.15) is 6.54 Å². The van der Waals surface area contributed by atoms with Gasteiger partial charge >= 0.3 is 0 Å². The molecule has 0 aromatic heterocycles. The zero-order valence-corrected chi connectivity index (χ0v) is 23.5. The molecule has 198 valence electrons. The Labute approximate surface area is 228 Å². The summed E-state index contributed by atoms with van der Waals surface area (Å²) in [5.41, 5.74) is 2.42. The highest BCUT2D eigenvalue weighted by Gasteiger charge is 2.28. The van der Waals surface area contributed by atoms with E-state index in [-0.39, 0.29) is 11.4 Å². The molecule has 3 aromatic carbocycles. The molecule has 1 N–H and O–H groups in total. The third-order valence-corrected chi connectivity index (χ3v) is 8.68. The molecule has 37 heavy (non-hydrogen) atoms. The molecule has 0 fully saturated rings. The Bertz CT molecular complexity index is 1280. The van der Waals surface area contributed by atoms with Crippen molar-refractivity contribution >= 4 is 45.0 Å². The molecule has 0 aliphatic heterocycles. The van der Waals surface area contributed by atoms with Gasteiger partial charge in [0.15, 0.2) is 11.5 Å². The molecule has 0 saturated carbocycles. The summed E-state index contributed by atoms with van der Waals surface area (Å²) < 4.78 is 38.8. The summed E-state index contributed by atoms with van der Waals surface area (Å²) >= 11 is 7.68. The Morgan fingerprint density at radius 1 is 0.973 bits per heavy atom. The summed E-state index contributed by atoms with van der Waals surface area (Å²) in [4.78, 5) is 12.9. The van der Waals surface area contributed by atoms with Crippen molar-refractivity contribution < 1.29 is 22.7 Å². The summed E-state index contributed by atoms with van der Waals surface area (Å²) in [6.45, 7) is 1.95. The van der Waals surface area contributed by atoms with Crippen molar-refractivity contribution in [3.63, 3.8) is 0 Å². The average molecular weight is 563 g/mol. The molecule has 0 aliphatic rings. The van der Waals surface area contributed by atoms with Crippen LogP contribution in [-0.2, 0) is 20.6 Å². The van der Waals surface area contributed by atoms with E-state index < -0.39 is 15.9 Å². The standard InChI is InChI=1S/C27H31ClN2O5S2/c1-20-5-12-24(13-6-20)37(32,33)30(23-11-14-25(34-2)26(17-23)35-3)18-27(31)29-15-4-16-36-19-21-7-9-22(28)10-8-21/h5-14,17H,4,15-16,18-19H2,1-3H3,(H,29,31). The van der Waals surface area contributed by atoms with Gasteiger partial charge in [0.2, 0.25) is 5.91 Å². The molecule has 7 nitrogen and oxygen atoms in total. The summed E-state index contributed by atoms with van der Waals surface area (Å²) in [6, 6.07) is 19.0. The minimum Gasteiger partial charge on any atom is -0.493 e. The van der Waals surface area contributed by atoms with Gasteiger partial charge in [-0.15, -0.1) is 0 Å². The number of nitrogens with one attached hydrogen (secondary N) is 1. The van der Waals surface area contributed by atoms with Gasteiger partial charge in [-0.05, 0) is 61.1 Å². The van der Waals surface area contributed by atoms with E-state index >= 15 is 0 Å². The van der Waals surface area contributed by atoms with Gasteiger partial charge in [0.05, 0.1) is 24.8 Å². The molecule has 3 aromatic rings. The number of ether oxygens (including phenoxy) is 2. The Morgan fingerprint density at radius 3 is 2.30 bits per heavy atom. The predicted octanol–water partition coefficient (Wildman–Crippen LogP) is 5.30. The Balaban J connectivity index is 1.66. The lowest BCUT2D eigenvalue weighted by Crippen LogP contribution is -2.41. The number of hydrogen-bond donors (Lipinski definition) is 1. The SMILES string of the molecule is COc1ccc(N(CC(=O)NCCCSCc2ccc(Cl)cc2)S(=O)(=O)c2ccc(C)cc2)cc1OC.